The molecule has 0 aliphatic heterocycles. The fraction of sp³-hybridized carbons (Fsp3) is 0.500. The first-order valence-corrected chi connectivity index (χ1v) is 6.15. The molecule has 0 saturated carbocycles. The van der Waals surface area contributed by atoms with Crippen LogP contribution < -0.4 is 4.74 Å². The second-order valence-corrected chi connectivity index (χ2v) is 5.64. The third-order valence-electron chi connectivity index (χ3n) is 2.02. The van der Waals surface area contributed by atoms with Gasteiger partial charge >= 0.3 is 0 Å². The highest BCUT2D eigenvalue weighted by atomic mass is 16.5. The quantitative estimate of drug-likeness (QED) is 0.690. The van der Waals surface area contributed by atoms with E-state index in [0.717, 1.165) is 17.7 Å². The maximum Gasteiger partial charge on any atom is 0.120 e. The van der Waals surface area contributed by atoms with Gasteiger partial charge in [0.15, 0.2) is 0 Å². The molecular weight excluding hydrogens is 208 g/mol. The lowest BCUT2D eigenvalue weighted by atomic mass is 10.1. The van der Waals surface area contributed by atoms with Crippen molar-refractivity contribution in [2.75, 3.05) is 0 Å². The molecule has 1 aromatic rings. The van der Waals surface area contributed by atoms with Gasteiger partial charge in [-0.05, 0) is 51.0 Å². The first-order chi connectivity index (χ1) is 7.87. The summed E-state index contributed by atoms with van der Waals surface area (Å²) in [6, 6.07) is 7.97. The van der Waals surface area contributed by atoms with Crippen LogP contribution in [0.15, 0.2) is 24.3 Å². The molecule has 0 atom stereocenters. The summed E-state index contributed by atoms with van der Waals surface area (Å²) in [5, 5.41) is 0. The predicted molar refractivity (Wildman–Crippen MR) is 73.2 cm³/mol. The Kier molecular flexibility index (Phi) is 4.63. The number of hydrogen-bond acceptors (Lipinski definition) is 1. The highest BCUT2D eigenvalue weighted by Gasteiger charge is 2.10. The minimum absolute atomic E-state index is 0.148. The maximum absolute atomic E-state index is 5.75. The van der Waals surface area contributed by atoms with Crippen molar-refractivity contribution in [3.05, 3.63) is 29.8 Å². The zero-order valence-corrected chi connectivity index (χ0v) is 11.5. The van der Waals surface area contributed by atoms with Gasteiger partial charge < -0.3 is 4.74 Å². The lowest BCUT2D eigenvalue weighted by Crippen LogP contribution is -2.22. The first kappa shape index (κ1) is 13.6. The second kappa shape index (κ2) is 5.77. The molecule has 1 nitrogen and oxygen atoms in total. The predicted octanol–water partition coefficient (Wildman–Crippen LogP) is 4.26. The Bertz CT molecular complexity index is 396. The summed E-state index contributed by atoms with van der Waals surface area (Å²) in [5.41, 5.74) is 0.900. The van der Waals surface area contributed by atoms with Crippen molar-refractivity contribution in [3.8, 4) is 17.6 Å². The number of hydrogen-bond donors (Lipinski definition) is 0. The van der Waals surface area contributed by atoms with Crippen LogP contribution in [0.1, 0.15) is 46.6 Å². The van der Waals surface area contributed by atoms with Gasteiger partial charge in [0.25, 0.3) is 0 Å². The zero-order valence-electron chi connectivity index (χ0n) is 11.5. The van der Waals surface area contributed by atoms with Crippen molar-refractivity contribution < 1.29 is 4.74 Å². The Labute approximate surface area is 105 Å². The molecule has 0 aliphatic carbocycles. The molecule has 17 heavy (non-hydrogen) atoms. The molecule has 0 aliphatic rings. The second-order valence-electron chi connectivity index (χ2n) is 5.64. The Balaban J connectivity index is 2.64. The SMILES string of the molecule is CC(C)CC#Cc1ccc(OC(C)(C)C)cc1. The molecule has 0 fully saturated rings. The third-order valence-corrected chi connectivity index (χ3v) is 2.02. The van der Waals surface area contributed by atoms with Crippen LogP contribution in [0.25, 0.3) is 0 Å². The van der Waals surface area contributed by atoms with Crippen LogP contribution in [0, 0.1) is 17.8 Å². The fourth-order valence-electron chi connectivity index (χ4n) is 1.32. The minimum atomic E-state index is -0.148. The molecule has 0 radical (unpaired) electrons. The average molecular weight is 230 g/mol. The van der Waals surface area contributed by atoms with E-state index in [1.165, 1.54) is 0 Å². The standard InChI is InChI=1S/C16H22O/c1-13(2)7-6-8-14-9-11-15(12-10-14)17-16(3,4)5/h9-13H,7H2,1-5H3. The van der Waals surface area contributed by atoms with Crippen LogP contribution in [0.2, 0.25) is 0 Å². The molecule has 0 aromatic heterocycles. The van der Waals surface area contributed by atoms with Gasteiger partial charge in [-0.15, -0.1) is 0 Å². The van der Waals surface area contributed by atoms with E-state index in [1.54, 1.807) is 0 Å². The Morgan fingerprint density at radius 1 is 1.12 bits per heavy atom. The van der Waals surface area contributed by atoms with Crippen molar-refractivity contribution in [1.29, 1.82) is 0 Å². The van der Waals surface area contributed by atoms with Gasteiger partial charge in [0, 0.05) is 12.0 Å². The summed E-state index contributed by atoms with van der Waals surface area (Å²) < 4.78 is 5.75. The molecule has 0 N–H and O–H groups in total. The van der Waals surface area contributed by atoms with E-state index in [1.807, 2.05) is 45.0 Å². The van der Waals surface area contributed by atoms with E-state index in [9.17, 15) is 0 Å². The summed E-state index contributed by atoms with van der Waals surface area (Å²) in [6.45, 7) is 10.5. The van der Waals surface area contributed by atoms with Gasteiger partial charge in [-0.1, -0.05) is 25.7 Å². The highest BCUT2D eigenvalue weighted by molar-refractivity contribution is 5.38. The van der Waals surface area contributed by atoms with Gasteiger partial charge in [-0.3, -0.25) is 0 Å². The molecule has 0 amide bonds. The molecule has 0 bridgehead atoms. The van der Waals surface area contributed by atoms with E-state index in [0.29, 0.717) is 5.92 Å². The number of ether oxygens (including phenoxy) is 1. The number of rotatable bonds is 2. The molecule has 1 rings (SSSR count). The van der Waals surface area contributed by atoms with Crippen molar-refractivity contribution in [2.24, 2.45) is 5.92 Å². The molecular formula is C16H22O. The van der Waals surface area contributed by atoms with Crippen LogP contribution in [0.5, 0.6) is 5.75 Å². The Morgan fingerprint density at radius 3 is 2.18 bits per heavy atom. The Hall–Kier alpha value is -1.42. The van der Waals surface area contributed by atoms with Crippen LogP contribution in [-0.2, 0) is 0 Å². The molecule has 1 heteroatoms. The highest BCUT2D eigenvalue weighted by Crippen LogP contribution is 2.18. The van der Waals surface area contributed by atoms with E-state index in [4.69, 9.17) is 4.74 Å². The van der Waals surface area contributed by atoms with Gasteiger partial charge in [-0.2, -0.15) is 0 Å². The smallest absolute Gasteiger partial charge is 0.120 e. The molecule has 0 saturated heterocycles. The molecule has 0 unspecified atom stereocenters. The lowest BCUT2D eigenvalue weighted by Gasteiger charge is -2.21. The lowest BCUT2D eigenvalue weighted by molar-refractivity contribution is 0.131. The molecule has 92 valence electrons. The van der Waals surface area contributed by atoms with Crippen LogP contribution in [-0.4, -0.2) is 5.60 Å². The van der Waals surface area contributed by atoms with E-state index >= 15 is 0 Å². The topological polar surface area (TPSA) is 9.23 Å². The molecule has 1 aromatic carbocycles. The third kappa shape index (κ3) is 6.02. The van der Waals surface area contributed by atoms with Gasteiger partial charge in [0.05, 0.1) is 0 Å². The largest absolute Gasteiger partial charge is 0.488 e. The molecule has 0 heterocycles. The Morgan fingerprint density at radius 2 is 1.71 bits per heavy atom. The fourth-order valence-corrected chi connectivity index (χ4v) is 1.32. The first-order valence-electron chi connectivity index (χ1n) is 6.15. The zero-order chi connectivity index (χ0) is 12.9. The molecule has 0 spiro atoms. The maximum atomic E-state index is 5.75. The van der Waals surface area contributed by atoms with Crippen molar-refractivity contribution in [2.45, 2.75) is 46.6 Å². The average Bonchev–Trinajstić information content (AvgIpc) is 2.18. The van der Waals surface area contributed by atoms with Crippen LogP contribution in [0.3, 0.4) is 0 Å². The minimum Gasteiger partial charge on any atom is -0.488 e. The summed E-state index contributed by atoms with van der Waals surface area (Å²) in [6.07, 6.45) is 0.945. The van der Waals surface area contributed by atoms with E-state index in [2.05, 4.69) is 25.7 Å². The van der Waals surface area contributed by atoms with Crippen molar-refractivity contribution in [1.82, 2.24) is 0 Å². The van der Waals surface area contributed by atoms with E-state index in [-0.39, 0.29) is 5.60 Å². The summed E-state index contributed by atoms with van der Waals surface area (Å²) in [5.74, 6) is 7.86. The van der Waals surface area contributed by atoms with Crippen molar-refractivity contribution >= 4 is 0 Å². The monoisotopic (exact) mass is 230 g/mol. The van der Waals surface area contributed by atoms with Gasteiger partial charge in [0.2, 0.25) is 0 Å². The van der Waals surface area contributed by atoms with Gasteiger partial charge in [-0.25, -0.2) is 0 Å². The van der Waals surface area contributed by atoms with Crippen molar-refractivity contribution in [3.63, 3.8) is 0 Å². The number of benzene rings is 1. The van der Waals surface area contributed by atoms with E-state index < -0.39 is 0 Å². The summed E-state index contributed by atoms with van der Waals surface area (Å²) in [4.78, 5) is 0. The van der Waals surface area contributed by atoms with Crippen LogP contribution in [0.4, 0.5) is 0 Å². The normalized spacial score (nSPS) is 10.9. The van der Waals surface area contributed by atoms with Gasteiger partial charge in [0.1, 0.15) is 11.4 Å². The van der Waals surface area contributed by atoms with Crippen LogP contribution >= 0.6 is 0 Å². The summed E-state index contributed by atoms with van der Waals surface area (Å²) in [7, 11) is 0. The summed E-state index contributed by atoms with van der Waals surface area (Å²) >= 11 is 0.